The second-order valence-corrected chi connectivity index (χ2v) is 26.7. The van der Waals surface area contributed by atoms with Crippen molar-refractivity contribution in [2.75, 3.05) is 40.9 Å². The molecule has 0 saturated carbocycles. The minimum absolute atomic E-state index is 0.0496. The van der Waals surface area contributed by atoms with E-state index < -0.39 is 20.0 Å². The number of carbonyl (C=O) groups excluding carboxylic acids is 1. The quantitative estimate of drug-likeness (QED) is 0.0243. The Morgan fingerprint density at radius 1 is 0.412 bits per heavy atom. The molecule has 0 rings (SSSR count). The molecule has 9 heteroatoms. The Hall–Kier alpha value is -2.84. The molecule has 3 N–H and O–H groups in total. The molecule has 0 aromatic rings. The number of aliphatic hydroxyl groups is 1. The van der Waals surface area contributed by atoms with Crippen molar-refractivity contribution < 1.29 is 32.9 Å². The van der Waals surface area contributed by atoms with Crippen molar-refractivity contribution in [2.45, 2.75) is 328 Å². The first-order valence-corrected chi connectivity index (χ1v) is 37.3. The first-order valence-electron chi connectivity index (χ1n) is 35.8. The third-order valence-electron chi connectivity index (χ3n) is 15.7. The van der Waals surface area contributed by atoms with Crippen molar-refractivity contribution in [2.24, 2.45) is 0 Å². The first-order chi connectivity index (χ1) is 41.5. The molecule has 0 bridgehead atoms. The summed E-state index contributed by atoms with van der Waals surface area (Å²) in [5.74, 6) is -0.192. The van der Waals surface area contributed by atoms with E-state index in [2.05, 4.69) is 116 Å². The summed E-state index contributed by atoms with van der Waals surface area (Å²) in [6.45, 7) is 4.70. The Morgan fingerprint density at radius 3 is 1.08 bits per heavy atom. The maximum Gasteiger partial charge on any atom is 0.472 e. The summed E-state index contributed by atoms with van der Waals surface area (Å²) in [6.07, 6.45) is 96.7. The van der Waals surface area contributed by atoms with Crippen LogP contribution in [0.25, 0.3) is 0 Å². The van der Waals surface area contributed by atoms with E-state index in [0.29, 0.717) is 17.4 Å². The van der Waals surface area contributed by atoms with Crippen molar-refractivity contribution in [3.8, 4) is 0 Å². The fraction of sp³-hybridized carbons (Fsp3) is 0.750. The number of phosphoric acid groups is 1. The molecular formula is C76H138N2O6P+. The molecule has 8 nitrogen and oxygen atoms in total. The predicted molar refractivity (Wildman–Crippen MR) is 373 cm³/mol. The third-order valence-corrected chi connectivity index (χ3v) is 16.7. The average molecular weight is 1210 g/mol. The predicted octanol–water partition coefficient (Wildman–Crippen LogP) is 23.1. The van der Waals surface area contributed by atoms with E-state index >= 15 is 0 Å². The van der Waals surface area contributed by atoms with Crippen LogP contribution in [-0.4, -0.2) is 73.4 Å². The summed E-state index contributed by atoms with van der Waals surface area (Å²) in [5, 5.41) is 14.0. The fourth-order valence-corrected chi connectivity index (χ4v) is 10.9. The second kappa shape index (κ2) is 65.6. The number of allylic oxidation sites excluding steroid dienone is 17. The van der Waals surface area contributed by atoms with Gasteiger partial charge in [-0.1, -0.05) is 322 Å². The van der Waals surface area contributed by atoms with Crippen LogP contribution in [0.2, 0.25) is 0 Å². The summed E-state index contributed by atoms with van der Waals surface area (Å²) in [5.41, 5.74) is 0. The van der Waals surface area contributed by atoms with Gasteiger partial charge in [-0.05, 0) is 96.3 Å². The Balaban J connectivity index is 4.14. The van der Waals surface area contributed by atoms with Gasteiger partial charge in [-0.25, -0.2) is 4.57 Å². The molecule has 0 aliphatic carbocycles. The number of phosphoric ester groups is 1. The van der Waals surface area contributed by atoms with Gasteiger partial charge in [-0.15, -0.1) is 0 Å². The third kappa shape index (κ3) is 68.5. The second-order valence-electron chi connectivity index (χ2n) is 25.2. The number of rotatable bonds is 65. The molecular weight excluding hydrogens is 1070 g/mol. The van der Waals surface area contributed by atoms with Crippen LogP contribution in [0.4, 0.5) is 0 Å². The van der Waals surface area contributed by atoms with Gasteiger partial charge in [0.15, 0.2) is 0 Å². The molecule has 0 aromatic heterocycles. The highest BCUT2D eigenvalue weighted by Gasteiger charge is 2.28. The van der Waals surface area contributed by atoms with E-state index in [1.54, 1.807) is 6.08 Å². The van der Waals surface area contributed by atoms with Gasteiger partial charge in [0.1, 0.15) is 13.2 Å². The maximum atomic E-state index is 13.1. The number of nitrogens with zero attached hydrogens (tertiary/aromatic N) is 1. The van der Waals surface area contributed by atoms with E-state index in [4.69, 9.17) is 9.05 Å². The lowest BCUT2D eigenvalue weighted by atomic mass is 10.0. The Bertz CT molecular complexity index is 1760. The SMILES string of the molecule is CC/C=C\C/C=C\C/C=C\C/C=C\C/C=C\C/C=C\CCCCCCCCCCCCCCCCC(=O)NC(COP(=O)(O)OCC[N+](C)(C)C)C(O)/C=C/CC/C=C/CC/C=C/CCCCCCCCCCCCCCCCCCCCCC. The Kier molecular flexibility index (Phi) is 63.4. The average Bonchev–Trinajstić information content (AvgIpc) is 3.49. The molecule has 85 heavy (non-hydrogen) atoms. The molecule has 492 valence electrons. The number of hydrogen-bond donors (Lipinski definition) is 3. The highest BCUT2D eigenvalue weighted by atomic mass is 31.2. The summed E-state index contributed by atoms with van der Waals surface area (Å²) < 4.78 is 23.8. The van der Waals surface area contributed by atoms with E-state index in [-0.39, 0.29) is 19.1 Å². The Labute approximate surface area is 527 Å². The Morgan fingerprint density at radius 2 is 0.718 bits per heavy atom. The van der Waals surface area contributed by atoms with Gasteiger partial charge in [0, 0.05) is 6.42 Å². The smallest absolute Gasteiger partial charge is 0.387 e. The number of carbonyl (C=O) groups is 1. The lowest BCUT2D eigenvalue weighted by Gasteiger charge is -2.25. The summed E-state index contributed by atoms with van der Waals surface area (Å²) >= 11 is 0. The van der Waals surface area contributed by atoms with Crippen LogP contribution >= 0.6 is 7.82 Å². The zero-order valence-electron chi connectivity index (χ0n) is 56.3. The molecule has 0 spiro atoms. The number of nitrogens with one attached hydrogen (secondary N) is 1. The number of aliphatic hydroxyl groups excluding tert-OH is 1. The first kappa shape index (κ1) is 82.2. The van der Waals surface area contributed by atoms with E-state index in [0.717, 1.165) is 83.5 Å². The van der Waals surface area contributed by atoms with Crippen molar-refractivity contribution >= 4 is 13.7 Å². The van der Waals surface area contributed by atoms with E-state index in [9.17, 15) is 19.4 Å². The molecule has 0 fully saturated rings. The van der Waals surface area contributed by atoms with Crippen molar-refractivity contribution in [1.29, 1.82) is 0 Å². The van der Waals surface area contributed by atoms with Crippen molar-refractivity contribution in [1.82, 2.24) is 5.32 Å². The van der Waals surface area contributed by atoms with Gasteiger partial charge in [-0.3, -0.25) is 13.8 Å². The molecule has 0 heterocycles. The summed E-state index contributed by atoms with van der Waals surface area (Å²) in [6, 6.07) is -0.878. The molecule has 3 unspecified atom stereocenters. The number of quaternary nitrogens is 1. The van der Waals surface area contributed by atoms with Gasteiger partial charge in [0.2, 0.25) is 5.91 Å². The molecule has 3 atom stereocenters. The molecule has 0 radical (unpaired) electrons. The van der Waals surface area contributed by atoms with Crippen LogP contribution in [0.1, 0.15) is 316 Å². The maximum absolute atomic E-state index is 13.1. The molecule has 0 aliphatic rings. The lowest BCUT2D eigenvalue weighted by Crippen LogP contribution is -2.45. The van der Waals surface area contributed by atoms with Crippen molar-refractivity contribution in [3.05, 3.63) is 109 Å². The topological polar surface area (TPSA) is 105 Å². The van der Waals surface area contributed by atoms with Gasteiger partial charge in [-0.2, -0.15) is 0 Å². The van der Waals surface area contributed by atoms with Crippen LogP contribution in [0.15, 0.2) is 109 Å². The van der Waals surface area contributed by atoms with Crippen LogP contribution in [-0.2, 0) is 18.4 Å². The zero-order chi connectivity index (χ0) is 61.9. The number of amides is 1. The molecule has 0 aliphatic heterocycles. The van der Waals surface area contributed by atoms with Gasteiger partial charge < -0.3 is 19.8 Å². The van der Waals surface area contributed by atoms with Crippen molar-refractivity contribution in [3.63, 3.8) is 0 Å². The number of likely N-dealkylation sites (N-methyl/N-ethyl adjacent to an activating group) is 1. The van der Waals surface area contributed by atoms with Crippen LogP contribution in [0, 0.1) is 0 Å². The standard InChI is InChI=1S/C76H137N2O6P/c1-6-8-10-12-14-16-18-20-22-24-26-28-30-32-34-36-38-39-40-42-44-46-48-50-52-54-56-58-60-62-64-66-68-70-76(80)77-74(73-84-85(81,82)83-72-71-78(3,4)5)75(79)69-67-65-63-61-59-57-55-53-51-49-47-45-43-41-37-35-33-31-29-27-25-23-21-19-17-15-13-11-9-7-2/h8,10,14,16,20,22,26,28,32,34,38-39,51,53,59,61,67,69,74-75,79H,6-7,9,11-13,15,17-19,21,23-25,27,29-31,33,35-37,40-50,52,54-58,60,62-66,68,70-73H2,1-5H3,(H-,77,80,81,82)/p+1/b10-8-,16-14-,22-20-,28-26-,34-32-,39-38-,53-51+,61-59+,69-67+. The van der Waals surface area contributed by atoms with Gasteiger partial charge in [0.05, 0.1) is 39.9 Å². The van der Waals surface area contributed by atoms with Gasteiger partial charge >= 0.3 is 7.82 Å². The number of unbranched alkanes of at least 4 members (excludes halogenated alkanes) is 36. The highest BCUT2D eigenvalue weighted by molar-refractivity contribution is 7.47. The minimum atomic E-state index is -4.37. The molecule has 0 aromatic carbocycles. The highest BCUT2D eigenvalue weighted by Crippen LogP contribution is 2.43. The monoisotopic (exact) mass is 1210 g/mol. The van der Waals surface area contributed by atoms with Gasteiger partial charge in [0.25, 0.3) is 0 Å². The van der Waals surface area contributed by atoms with E-state index in [1.165, 1.54) is 212 Å². The molecule has 0 saturated heterocycles. The number of hydrogen-bond acceptors (Lipinski definition) is 5. The summed E-state index contributed by atoms with van der Waals surface area (Å²) in [7, 11) is 1.54. The minimum Gasteiger partial charge on any atom is -0.387 e. The summed E-state index contributed by atoms with van der Waals surface area (Å²) in [4.78, 5) is 23.4. The largest absolute Gasteiger partial charge is 0.472 e. The lowest BCUT2D eigenvalue weighted by molar-refractivity contribution is -0.870. The molecule has 1 amide bonds. The fourth-order valence-electron chi connectivity index (χ4n) is 10.2. The van der Waals surface area contributed by atoms with E-state index in [1.807, 2.05) is 27.2 Å². The zero-order valence-corrected chi connectivity index (χ0v) is 57.2. The van der Waals surface area contributed by atoms with Crippen LogP contribution < -0.4 is 5.32 Å². The normalized spacial score (nSPS) is 14.3. The van der Waals surface area contributed by atoms with Crippen LogP contribution in [0.5, 0.6) is 0 Å². The van der Waals surface area contributed by atoms with Crippen LogP contribution in [0.3, 0.4) is 0 Å².